The van der Waals surface area contributed by atoms with Crippen LogP contribution >= 0.6 is 0 Å². The quantitative estimate of drug-likeness (QED) is 0.326. The van der Waals surface area contributed by atoms with E-state index in [2.05, 4.69) is 19.9 Å². The average molecular weight is 338 g/mol. The van der Waals surface area contributed by atoms with Gasteiger partial charge in [0.05, 0.1) is 5.92 Å². The summed E-state index contributed by atoms with van der Waals surface area (Å²) in [7, 11) is 0. The molecule has 1 saturated heterocycles. The molecule has 1 aliphatic rings. The lowest BCUT2D eigenvalue weighted by Crippen LogP contribution is -2.31. The third-order valence-corrected chi connectivity index (χ3v) is 5.14. The Labute approximate surface area is 147 Å². The fourth-order valence-corrected chi connectivity index (χ4v) is 3.44. The number of hydrogen-bond acceptors (Lipinski definition) is 3. The van der Waals surface area contributed by atoms with Crippen molar-refractivity contribution < 1.29 is 14.7 Å². The normalized spacial score (nSPS) is 20.1. The zero-order chi connectivity index (χ0) is 17.9. The molecule has 2 amide bonds. The summed E-state index contributed by atoms with van der Waals surface area (Å²) in [6.07, 6.45) is 13.8. The van der Waals surface area contributed by atoms with Crippen LogP contribution in [0.25, 0.3) is 0 Å². The third-order valence-electron chi connectivity index (χ3n) is 5.14. The first-order valence-electron chi connectivity index (χ1n) is 9.68. The van der Waals surface area contributed by atoms with Crippen molar-refractivity contribution in [3.8, 4) is 0 Å². The summed E-state index contributed by atoms with van der Waals surface area (Å²) < 4.78 is 0. The molecular weight excluding hydrogens is 302 g/mol. The highest BCUT2D eigenvalue weighted by Gasteiger charge is 2.38. The highest BCUT2D eigenvalue weighted by atomic mass is 16.3. The maximum absolute atomic E-state index is 12.1. The van der Waals surface area contributed by atoms with Gasteiger partial charge in [0, 0.05) is 6.42 Å². The van der Waals surface area contributed by atoms with Gasteiger partial charge in [-0.3, -0.25) is 14.5 Å². The van der Waals surface area contributed by atoms with E-state index < -0.39 is 6.73 Å². The number of nitrogens with zero attached hydrogens (tertiary/aromatic N) is 1. The summed E-state index contributed by atoms with van der Waals surface area (Å²) in [5.41, 5.74) is 0.985. The van der Waals surface area contributed by atoms with Crippen LogP contribution in [0.2, 0.25) is 0 Å². The monoisotopic (exact) mass is 337 g/mol. The molecule has 0 radical (unpaired) electrons. The lowest BCUT2D eigenvalue weighted by molar-refractivity contribution is -0.143. The number of imide groups is 1. The van der Waals surface area contributed by atoms with E-state index in [0.717, 1.165) is 23.3 Å². The molecule has 138 valence electrons. The Bertz CT molecular complexity index is 431. The van der Waals surface area contributed by atoms with E-state index in [1.807, 2.05) is 6.92 Å². The zero-order valence-corrected chi connectivity index (χ0v) is 15.7. The molecule has 0 spiro atoms. The van der Waals surface area contributed by atoms with Crippen molar-refractivity contribution in [2.45, 2.75) is 85.0 Å². The highest BCUT2D eigenvalue weighted by Crippen LogP contribution is 2.28. The molecule has 0 saturated carbocycles. The number of rotatable bonds is 12. The molecule has 1 heterocycles. The van der Waals surface area contributed by atoms with Crippen molar-refractivity contribution in [1.29, 1.82) is 0 Å². The van der Waals surface area contributed by atoms with Crippen LogP contribution in [-0.2, 0) is 9.59 Å². The lowest BCUT2D eigenvalue weighted by atomic mass is 9.90. The van der Waals surface area contributed by atoms with Gasteiger partial charge in [-0.1, -0.05) is 70.4 Å². The summed E-state index contributed by atoms with van der Waals surface area (Å²) in [4.78, 5) is 24.8. The molecule has 4 heteroatoms. The minimum Gasteiger partial charge on any atom is -0.376 e. The number of aliphatic hydroxyl groups is 1. The fourth-order valence-electron chi connectivity index (χ4n) is 3.44. The molecule has 24 heavy (non-hydrogen) atoms. The van der Waals surface area contributed by atoms with Gasteiger partial charge < -0.3 is 5.11 Å². The van der Waals surface area contributed by atoms with Crippen molar-refractivity contribution >= 4 is 11.8 Å². The summed E-state index contributed by atoms with van der Waals surface area (Å²) >= 11 is 0. The predicted molar refractivity (Wildman–Crippen MR) is 97.2 cm³/mol. The number of carbonyl (C=O) groups is 2. The standard InChI is InChI=1S/C20H35NO3/c1-4-6-7-8-9-10-11-12-17(5-2)13-16(3)18-14-19(23)21(15-22)20(18)24/h13,17-18,22H,4-12,14-15H2,1-3H3. The maximum Gasteiger partial charge on any atom is 0.238 e. The molecule has 1 rings (SSSR count). The number of amides is 2. The first-order valence-corrected chi connectivity index (χ1v) is 9.68. The second-order valence-electron chi connectivity index (χ2n) is 7.05. The Morgan fingerprint density at radius 3 is 2.33 bits per heavy atom. The number of likely N-dealkylation sites (tertiary alicyclic amines) is 1. The Balaban J connectivity index is 2.41. The minimum atomic E-state index is -0.503. The van der Waals surface area contributed by atoms with Crippen molar-refractivity contribution in [2.75, 3.05) is 6.73 Å². The summed E-state index contributed by atoms with van der Waals surface area (Å²) in [6, 6.07) is 0. The van der Waals surface area contributed by atoms with E-state index >= 15 is 0 Å². The van der Waals surface area contributed by atoms with Crippen LogP contribution in [0.4, 0.5) is 0 Å². The van der Waals surface area contributed by atoms with E-state index in [9.17, 15) is 9.59 Å². The van der Waals surface area contributed by atoms with Crippen LogP contribution < -0.4 is 0 Å². The first-order chi connectivity index (χ1) is 11.5. The van der Waals surface area contributed by atoms with E-state index in [1.165, 1.54) is 44.9 Å². The number of hydrogen-bond donors (Lipinski definition) is 1. The van der Waals surface area contributed by atoms with Gasteiger partial charge in [-0.2, -0.15) is 0 Å². The Morgan fingerprint density at radius 1 is 1.17 bits per heavy atom. The molecule has 0 aromatic carbocycles. The van der Waals surface area contributed by atoms with Gasteiger partial charge >= 0.3 is 0 Å². The smallest absolute Gasteiger partial charge is 0.238 e. The molecule has 0 bridgehead atoms. The van der Waals surface area contributed by atoms with Gasteiger partial charge in [0.1, 0.15) is 6.73 Å². The lowest BCUT2D eigenvalue weighted by Gasteiger charge is -2.15. The van der Waals surface area contributed by atoms with E-state index in [0.29, 0.717) is 5.92 Å². The van der Waals surface area contributed by atoms with Crippen LogP contribution in [0.3, 0.4) is 0 Å². The molecule has 2 atom stereocenters. The highest BCUT2D eigenvalue weighted by molar-refractivity contribution is 6.04. The van der Waals surface area contributed by atoms with Gasteiger partial charge in [0.15, 0.2) is 0 Å². The maximum atomic E-state index is 12.1. The van der Waals surface area contributed by atoms with E-state index in [-0.39, 0.29) is 24.2 Å². The number of aliphatic hydroxyl groups excluding tert-OH is 1. The Hall–Kier alpha value is -1.16. The van der Waals surface area contributed by atoms with Gasteiger partial charge in [0.25, 0.3) is 0 Å². The van der Waals surface area contributed by atoms with Gasteiger partial charge in [-0.05, 0) is 25.7 Å². The van der Waals surface area contributed by atoms with Crippen LogP contribution in [0.1, 0.15) is 85.0 Å². The molecule has 1 N–H and O–H groups in total. The number of unbranched alkanes of at least 4 members (excludes halogenated alkanes) is 6. The van der Waals surface area contributed by atoms with E-state index in [1.54, 1.807) is 0 Å². The molecular formula is C20H35NO3. The summed E-state index contributed by atoms with van der Waals surface area (Å²) in [5, 5.41) is 9.12. The summed E-state index contributed by atoms with van der Waals surface area (Å²) in [5.74, 6) is -0.401. The average Bonchev–Trinajstić information content (AvgIpc) is 2.86. The molecule has 0 aromatic rings. The van der Waals surface area contributed by atoms with Crippen LogP contribution in [0.5, 0.6) is 0 Å². The van der Waals surface area contributed by atoms with Crippen molar-refractivity contribution in [1.82, 2.24) is 4.90 Å². The van der Waals surface area contributed by atoms with Crippen molar-refractivity contribution in [2.24, 2.45) is 11.8 Å². The Kier molecular flexibility index (Phi) is 9.92. The Morgan fingerprint density at radius 2 is 1.79 bits per heavy atom. The fraction of sp³-hybridized carbons (Fsp3) is 0.800. The largest absolute Gasteiger partial charge is 0.376 e. The molecule has 1 aliphatic heterocycles. The number of allylic oxidation sites excluding steroid dienone is 1. The molecule has 0 aromatic heterocycles. The number of carbonyl (C=O) groups excluding carboxylic acids is 2. The molecule has 2 unspecified atom stereocenters. The third kappa shape index (κ3) is 6.39. The second kappa shape index (κ2) is 11.4. The van der Waals surface area contributed by atoms with Gasteiger partial charge in [-0.15, -0.1) is 0 Å². The van der Waals surface area contributed by atoms with Crippen LogP contribution in [-0.4, -0.2) is 28.6 Å². The van der Waals surface area contributed by atoms with E-state index in [4.69, 9.17) is 5.11 Å². The van der Waals surface area contributed by atoms with Crippen molar-refractivity contribution in [3.63, 3.8) is 0 Å². The van der Waals surface area contributed by atoms with Gasteiger partial charge in [0.2, 0.25) is 11.8 Å². The minimum absolute atomic E-state index is 0.204. The summed E-state index contributed by atoms with van der Waals surface area (Å²) in [6.45, 7) is 5.86. The molecule has 0 aliphatic carbocycles. The second-order valence-corrected chi connectivity index (χ2v) is 7.05. The zero-order valence-electron chi connectivity index (χ0n) is 15.7. The SMILES string of the molecule is CCCCCCCCCC(C=C(C)C1CC(=O)N(CO)C1=O)CC. The van der Waals surface area contributed by atoms with Crippen LogP contribution in [0, 0.1) is 11.8 Å². The van der Waals surface area contributed by atoms with Gasteiger partial charge in [-0.25, -0.2) is 0 Å². The predicted octanol–water partition coefficient (Wildman–Crippen LogP) is 4.42. The van der Waals surface area contributed by atoms with Crippen molar-refractivity contribution in [3.05, 3.63) is 11.6 Å². The first kappa shape index (κ1) is 20.9. The topological polar surface area (TPSA) is 57.6 Å². The molecule has 1 fully saturated rings. The molecule has 4 nitrogen and oxygen atoms in total. The van der Waals surface area contributed by atoms with Crippen LogP contribution in [0.15, 0.2) is 11.6 Å².